The van der Waals surface area contributed by atoms with E-state index in [1.807, 2.05) is 6.08 Å². The fourth-order valence-electron chi connectivity index (χ4n) is 8.97. The van der Waals surface area contributed by atoms with Gasteiger partial charge in [-0.1, -0.05) is 304 Å². The zero-order valence-electron chi connectivity index (χ0n) is 46.5. The second-order valence-corrected chi connectivity index (χ2v) is 20.4. The van der Waals surface area contributed by atoms with Gasteiger partial charge in [0.2, 0.25) is 5.91 Å². The van der Waals surface area contributed by atoms with Crippen molar-refractivity contribution < 1.29 is 15.0 Å². The molecule has 0 spiro atoms. The molecule has 2 unspecified atom stereocenters. The summed E-state index contributed by atoms with van der Waals surface area (Å²) in [5.41, 5.74) is 0. The van der Waals surface area contributed by atoms with Crippen LogP contribution in [0, 0.1) is 0 Å². The van der Waals surface area contributed by atoms with Crippen LogP contribution in [0.5, 0.6) is 0 Å². The molecule has 0 heterocycles. The standard InChI is InChI=1S/C66H117NO3/c1-3-5-7-9-11-13-15-17-19-21-23-25-27-28-29-30-31-32-33-34-35-36-37-38-40-42-44-46-48-50-52-54-56-58-60-62-66(70)67-64(63-68)65(69)61-59-57-55-53-51-49-47-45-43-41-39-26-24-22-20-18-16-14-12-10-8-6-4-2/h5,7,11,13,17,19,23,25,28-29,31-32,51,53,59,61,64-65,68-69H,3-4,6,8-10,12,14-16,18,20-22,24,26-27,30,33-50,52,54-58,60,62-63H2,1-2H3,(H,67,70)/b7-5-,13-11-,19-17-,25-23-,29-28-,32-31-,53-51+,61-59+. The summed E-state index contributed by atoms with van der Waals surface area (Å²) in [5, 5.41) is 23.2. The first-order valence-electron chi connectivity index (χ1n) is 30.5. The number of unbranched alkanes of at least 4 members (excludes halogenated alkanes) is 34. The molecule has 0 fully saturated rings. The fourth-order valence-corrected chi connectivity index (χ4v) is 8.97. The third kappa shape index (κ3) is 56.2. The molecule has 70 heavy (non-hydrogen) atoms. The number of rotatable bonds is 55. The summed E-state index contributed by atoms with van der Waals surface area (Å²) in [6.45, 7) is 4.20. The first kappa shape index (κ1) is 67.3. The lowest BCUT2D eigenvalue weighted by molar-refractivity contribution is -0.123. The van der Waals surface area contributed by atoms with Gasteiger partial charge in [-0.3, -0.25) is 4.79 Å². The van der Waals surface area contributed by atoms with Crippen LogP contribution in [0.2, 0.25) is 0 Å². The topological polar surface area (TPSA) is 69.6 Å². The minimum atomic E-state index is -0.867. The molecule has 4 heteroatoms. The van der Waals surface area contributed by atoms with E-state index in [2.05, 4.69) is 104 Å². The Labute approximate surface area is 436 Å². The summed E-state index contributed by atoms with van der Waals surface area (Å²) >= 11 is 0. The summed E-state index contributed by atoms with van der Waals surface area (Å²) in [6.07, 6.45) is 90.2. The largest absolute Gasteiger partial charge is 0.394 e. The molecule has 0 aromatic carbocycles. The zero-order chi connectivity index (χ0) is 50.6. The Balaban J connectivity index is 3.53. The fraction of sp³-hybridized carbons (Fsp3) is 0.742. The van der Waals surface area contributed by atoms with Crippen molar-refractivity contribution in [2.24, 2.45) is 0 Å². The van der Waals surface area contributed by atoms with E-state index < -0.39 is 12.1 Å². The number of carbonyl (C=O) groups is 1. The van der Waals surface area contributed by atoms with Crippen molar-refractivity contribution in [2.75, 3.05) is 6.61 Å². The summed E-state index contributed by atoms with van der Waals surface area (Å²) in [6, 6.07) is -0.644. The van der Waals surface area contributed by atoms with E-state index in [0.29, 0.717) is 6.42 Å². The predicted molar refractivity (Wildman–Crippen MR) is 313 cm³/mol. The van der Waals surface area contributed by atoms with E-state index in [4.69, 9.17) is 0 Å². The lowest BCUT2D eigenvalue weighted by Gasteiger charge is -2.19. The summed E-state index contributed by atoms with van der Waals surface area (Å²) < 4.78 is 0. The van der Waals surface area contributed by atoms with Crippen LogP contribution in [-0.2, 0) is 4.79 Å². The minimum absolute atomic E-state index is 0.0735. The lowest BCUT2D eigenvalue weighted by atomic mass is 10.0. The highest BCUT2D eigenvalue weighted by Crippen LogP contribution is 2.17. The van der Waals surface area contributed by atoms with E-state index in [9.17, 15) is 15.0 Å². The van der Waals surface area contributed by atoms with Gasteiger partial charge in [0.15, 0.2) is 0 Å². The molecule has 0 aliphatic carbocycles. The number of nitrogens with one attached hydrogen (secondary N) is 1. The molecule has 1 amide bonds. The molecule has 0 saturated heterocycles. The Morgan fingerprint density at radius 2 is 0.643 bits per heavy atom. The quantitative estimate of drug-likeness (QED) is 0.0420. The lowest BCUT2D eigenvalue weighted by Crippen LogP contribution is -2.45. The number of hydrogen-bond acceptors (Lipinski definition) is 3. The van der Waals surface area contributed by atoms with Gasteiger partial charge in [0.25, 0.3) is 0 Å². The summed E-state index contributed by atoms with van der Waals surface area (Å²) in [7, 11) is 0. The molecule has 3 N–H and O–H groups in total. The van der Waals surface area contributed by atoms with Gasteiger partial charge in [0.1, 0.15) is 0 Å². The molecule has 0 aromatic rings. The second kappa shape index (κ2) is 60.6. The van der Waals surface area contributed by atoms with Gasteiger partial charge in [-0.25, -0.2) is 0 Å². The summed E-state index contributed by atoms with van der Waals surface area (Å²) in [5.74, 6) is -0.0735. The van der Waals surface area contributed by atoms with Crippen LogP contribution in [0.25, 0.3) is 0 Å². The number of hydrogen-bond donors (Lipinski definition) is 3. The van der Waals surface area contributed by atoms with Crippen molar-refractivity contribution >= 4 is 5.91 Å². The molecule has 0 rings (SSSR count). The molecule has 404 valence electrons. The Kier molecular flexibility index (Phi) is 58.3. The monoisotopic (exact) mass is 972 g/mol. The number of allylic oxidation sites excluding steroid dienone is 15. The van der Waals surface area contributed by atoms with Crippen LogP contribution < -0.4 is 5.32 Å². The molecule has 0 aliphatic heterocycles. The van der Waals surface area contributed by atoms with E-state index in [1.165, 1.54) is 205 Å². The molecular formula is C66H117NO3. The SMILES string of the molecule is CC/C=C\C/C=C\C/C=C\C/C=C\C/C=C\C/C=C\CCCCCCCCCCCCCCCCCCC(=O)NC(CO)C(O)/C=C/CC/C=C/CCCCCCCCCCCCCCCCCCC. The normalized spacial score (nSPS) is 13.5. The molecular weight excluding hydrogens is 855 g/mol. The third-order valence-corrected chi connectivity index (χ3v) is 13.6. The van der Waals surface area contributed by atoms with Crippen molar-refractivity contribution in [3.63, 3.8) is 0 Å². The van der Waals surface area contributed by atoms with Crippen molar-refractivity contribution in [2.45, 2.75) is 309 Å². The van der Waals surface area contributed by atoms with Crippen molar-refractivity contribution in [1.82, 2.24) is 5.32 Å². The maximum Gasteiger partial charge on any atom is 0.220 e. The first-order chi connectivity index (χ1) is 34.7. The Morgan fingerprint density at radius 1 is 0.357 bits per heavy atom. The van der Waals surface area contributed by atoms with Gasteiger partial charge in [-0.15, -0.1) is 0 Å². The van der Waals surface area contributed by atoms with Crippen LogP contribution in [-0.4, -0.2) is 34.9 Å². The van der Waals surface area contributed by atoms with Crippen LogP contribution >= 0.6 is 0 Å². The number of amides is 1. The number of carbonyl (C=O) groups excluding carboxylic acids is 1. The molecule has 0 radical (unpaired) electrons. The Morgan fingerprint density at radius 3 is 1.00 bits per heavy atom. The summed E-state index contributed by atoms with van der Waals surface area (Å²) in [4.78, 5) is 12.5. The van der Waals surface area contributed by atoms with Gasteiger partial charge in [-0.05, 0) is 83.5 Å². The number of aliphatic hydroxyl groups is 2. The average Bonchev–Trinajstić information content (AvgIpc) is 3.36. The Hall–Kier alpha value is -2.69. The van der Waals surface area contributed by atoms with Gasteiger partial charge < -0.3 is 15.5 Å². The molecule has 0 saturated carbocycles. The van der Waals surface area contributed by atoms with Gasteiger partial charge in [-0.2, -0.15) is 0 Å². The van der Waals surface area contributed by atoms with Crippen molar-refractivity contribution in [1.29, 1.82) is 0 Å². The average molecular weight is 973 g/mol. The molecule has 0 bridgehead atoms. The molecule has 4 nitrogen and oxygen atoms in total. The van der Waals surface area contributed by atoms with Gasteiger partial charge in [0.05, 0.1) is 18.8 Å². The highest BCUT2D eigenvalue weighted by atomic mass is 16.3. The Bertz CT molecular complexity index is 1290. The molecule has 2 atom stereocenters. The van der Waals surface area contributed by atoms with E-state index >= 15 is 0 Å². The van der Waals surface area contributed by atoms with E-state index in [-0.39, 0.29) is 12.5 Å². The number of aliphatic hydroxyl groups excluding tert-OH is 2. The van der Waals surface area contributed by atoms with Crippen LogP contribution in [0.1, 0.15) is 296 Å². The van der Waals surface area contributed by atoms with Crippen molar-refractivity contribution in [3.05, 3.63) is 97.2 Å². The van der Waals surface area contributed by atoms with Gasteiger partial charge in [0, 0.05) is 6.42 Å². The maximum absolute atomic E-state index is 12.5. The van der Waals surface area contributed by atoms with Gasteiger partial charge >= 0.3 is 0 Å². The molecule has 0 aromatic heterocycles. The van der Waals surface area contributed by atoms with Crippen LogP contribution in [0.3, 0.4) is 0 Å². The highest BCUT2D eigenvalue weighted by Gasteiger charge is 2.18. The van der Waals surface area contributed by atoms with Crippen LogP contribution in [0.4, 0.5) is 0 Å². The maximum atomic E-state index is 12.5. The minimum Gasteiger partial charge on any atom is -0.394 e. The van der Waals surface area contributed by atoms with Crippen LogP contribution in [0.15, 0.2) is 97.2 Å². The zero-order valence-corrected chi connectivity index (χ0v) is 46.5. The highest BCUT2D eigenvalue weighted by molar-refractivity contribution is 5.76. The van der Waals surface area contributed by atoms with E-state index in [0.717, 1.165) is 70.6 Å². The van der Waals surface area contributed by atoms with E-state index in [1.54, 1.807) is 6.08 Å². The second-order valence-electron chi connectivity index (χ2n) is 20.4. The third-order valence-electron chi connectivity index (χ3n) is 13.6. The van der Waals surface area contributed by atoms with Crippen molar-refractivity contribution in [3.8, 4) is 0 Å². The predicted octanol–water partition coefficient (Wildman–Crippen LogP) is 20.5. The molecule has 0 aliphatic rings. The smallest absolute Gasteiger partial charge is 0.220 e. The first-order valence-corrected chi connectivity index (χ1v) is 30.5.